The van der Waals surface area contributed by atoms with Crippen LogP contribution in [0.2, 0.25) is 0 Å². The summed E-state index contributed by atoms with van der Waals surface area (Å²) >= 11 is 0. The second-order valence-corrected chi connectivity index (χ2v) is 10.9. The van der Waals surface area contributed by atoms with Crippen molar-refractivity contribution in [1.82, 2.24) is 5.32 Å². The lowest BCUT2D eigenvalue weighted by Crippen LogP contribution is -2.29. The molecule has 3 rings (SSSR count). The van der Waals surface area contributed by atoms with Crippen LogP contribution in [-0.4, -0.2) is 38.9 Å². The molecule has 0 aliphatic rings. The van der Waals surface area contributed by atoms with Crippen molar-refractivity contribution >= 4 is 5.91 Å². The zero-order chi connectivity index (χ0) is 30.2. The number of ether oxygens (including phenoxy) is 3. The number of aliphatic hydroxyl groups is 1. The average Bonchev–Trinajstić information content (AvgIpc) is 3.03. The van der Waals surface area contributed by atoms with Gasteiger partial charge in [0, 0.05) is 13.0 Å². The van der Waals surface area contributed by atoms with Gasteiger partial charge in [-0.1, -0.05) is 75.8 Å². The number of hydrogen-bond donors (Lipinski definition) is 2. The molecule has 0 unspecified atom stereocenters. The molecule has 0 saturated carbocycles. The van der Waals surface area contributed by atoms with E-state index in [0.717, 1.165) is 78.2 Å². The lowest BCUT2D eigenvalue weighted by molar-refractivity contribution is -0.121. The Balaban J connectivity index is 1.66. The van der Waals surface area contributed by atoms with E-state index in [1.54, 1.807) is 21.3 Å². The number of benzene rings is 3. The summed E-state index contributed by atoms with van der Waals surface area (Å²) in [5.74, 6) is 2.39. The summed E-state index contributed by atoms with van der Waals surface area (Å²) in [6.07, 6.45) is 11.4. The minimum Gasteiger partial charge on any atom is -0.497 e. The first-order valence-electron chi connectivity index (χ1n) is 15.4. The Labute approximate surface area is 252 Å². The van der Waals surface area contributed by atoms with Gasteiger partial charge in [-0.05, 0) is 84.3 Å². The highest BCUT2D eigenvalue weighted by Crippen LogP contribution is 2.39. The summed E-state index contributed by atoms with van der Waals surface area (Å²) in [5, 5.41) is 15.5. The topological polar surface area (TPSA) is 77.0 Å². The van der Waals surface area contributed by atoms with Crippen molar-refractivity contribution in [3.8, 4) is 17.2 Å². The maximum atomic E-state index is 12.4. The predicted octanol–water partition coefficient (Wildman–Crippen LogP) is 7.58. The van der Waals surface area contributed by atoms with E-state index in [1.165, 1.54) is 32.1 Å². The van der Waals surface area contributed by atoms with Crippen molar-refractivity contribution < 1.29 is 24.1 Å². The summed E-state index contributed by atoms with van der Waals surface area (Å²) in [6, 6.07) is 20.9. The molecule has 0 saturated heterocycles. The molecular weight excluding hydrogens is 526 g/mol. The molecule has 228 valence electrons. The first-order chi connectivity index (χ1) is 20.5. The van der Waals surface area contributed by atoms with Crippen molar-refractivity contribution in [3.63, 3.8) is 0 Å². The molecule has 0 aliphatic heterocycles. The minimum absolute atomic E-state index is 0.146. The van der Waals surface area contributed by atoms with E-state index < -0.39 is 5.60 Å². The van der Waals surface area contributed by atoms with Gasteiger partial charge < -0.3 is 24.6 Å². The Morgan fingerprint density at radius 2 is 1.24 bits per heavy atom. The number of aryl methyl sites for hydroxylation is 1. The van der Waals surface area contributed by atoms with Gasteiger partial charge in [0.15, 0.2) is 0 Å². The molecule has 3 aromatic rings. The summed E-state index contributed by atoms with van der Waals surface area (Å²) in [5.41, 5.74) is 1.85. The molecular formula is C36H49NO5. The molecule has 0 fully saturated rings. The second-order valence-electron chi connectivity index (χ2n) is 10.9. The summed E-state index contributed by atoms with van der Waals surface area (Å²) < 4.78 is 16.4. The smallest absolute Gasteiger partial charge is 0.219 e. The fraction of sp³-hybridized carbons (Fsp3) is 0.472. The molecule has 0 heterocycles. The zero-order valence-electron chi connectivity index (χ0n) is 25.9. The lowest BCUT2D eigenvalue weighted by atomic mass is 9.79. The van der Waals surface area contributed by atoms with Crippen LogP contribution in [0.25, 0.3) is 0 Å². The van der Waals surface area contributed by atoms with Gasteiger partial charge in [0.1, 0.15) is 22.8 Å². The molecule has 0 radical (unpaired) electrons. The van der Waals surface area contributed by atoms with E-state index in [9.17, 15) is 9.90 Å². The Morgan fingerprint density at radius 1 is 0.690 bits per heavy atom. The number of methoxy groups -OCH3 is 3. The highest BCUT2D eigenvalue weighted by Gasteiger charge is 2.34. The molecule has 0 aliphatic carbocycles. The lowest BCUT2D eigenvalue weighted by Gasteiger charge is -2.31. The number of amides is 1. The van der Waals surface area contributed by atoms with Gasteiger partial charge in [-0.3, -0.25) is 4.79 Å². The summed E-state index contributed by atoms with van der Waals surface area (Å²) in [6.45, 7) is 3.00. The first kappa shape index (κ1) is 33.0. The van der Waals surface area contributed by atoms with Crippen LogP contribution in [0.1, 0.15) is 93.4 Å². The fourth-order valence-corrected chi connectivity index (χ4v) is 5.36. The van der Waals surface area contributed by atoms with Crippen LogP contribution in [0, 0.1) is 0 Å². The van der Waals surface area contributed by atoms with Crippen molar-refractivity contribution in [2.24, 2.45) is 0 Å². The number of rotatable bonds is 19. The number of hydrogen-bond acceptors (Lipinski definition) is 5. The molecule has 0 bridgehead atoms. The van der Waals surface area contributed by atoms with E-state index in [4.69, 9.17) is 14.2 Å². The summed E-state index contributed by atoms with van der Waals surface area (Å²) in [7, 11) is 4.93. The highest BCUT2D eigenvalue weighted by molar-refractivity contribution is 5.75. The van der Waals surface area contributed by atoms with Crippen molar-refractivity contribution in [3.05, 3.63) is 89.0 Å². The minimum atomic E-state index is -1.40. The number of nitrogens with one attached hydrogen (secondary N) is 1. The van der Waals surface area contributed by atoms with Gasteiger partial charge in [0.05, 0.1) is 21.3 Å². The maximum Gasteiger partial charge on any atom is 0.219 e. The molecule has 6 nitrogen and oxygen atoms in total. The quantitative estimate of drug-likeness (QED) is 0.114. The van der Waals surface area contributed by atoms with Gasteiger partial charge in [0.25, 0.3) is 0 Å². The molecule has 6 heteroatoms. The third kappa shape index (κ3) is 9.25. The van der Waals surface area contributed by atoms with E-state index >= 15 is 0 Å². The van der Waals surface area contributed by atoms with Gasteiger partial charge in [-0.2, -0.15) is 0 Å². The van der Waals surface area contributed by atoms with Gasteiger partial charge >= 0.3 is 0 Å². The van der Waals surface area contributed by atoms with Crippen molar-refractivity contribution in [2.75, 3.05) is 27.9 Å². The van der Waals surface area contributed by atoms with Crippen LogP contribution in [0.15, 0.2) is 66.7 Å². The number of carbonyl (C=O) groups is 1. The molecule has 0 spiro atoms. The van der Waals surface area contributed by atoms with E-state index in [-0.39, 0.29) is 5.91 Å². The standard InChI is InChI=1S/C36H49NO5/c1-5-6-7-8-9-13-26-37-35(38)15-12-10-11-14-28-27-31(20-25-34(28)42-4)36(39,29-16-21-32(40-2)22-17-29)30-18-23-33(41-3)24-19-30/h16-25,27,39H,5-15,26H2,1-4H3,(H,37,38). The molecule has 0 atom stereocenters. The third-order valence-corrected chi connectivity index (χ3v) is 7.92. The monoisotopic (exact) mass is 575 g/mol. The maximum absolute atomic E-state index is 12.4. The average molecular weight is 576 g/mol. The number of carbonyl (C=O) groups excluding carboxylic acids is 1. The highest BCUT2D eigenvalue weighted by atomic mass is 16.5. The third-order valence-electron chi connectivity index (χ3n) is 7.92. The van der Waals surface area contributed by atoms with Crippen LogP contribution in [0.5, 0.6) is 17.2 Å². The molecule has 42 heavy (non-hydrogen) atoms. The van der Waals surface area contributed by atoms with Gasteiger partial charge in [0.2, 0.25) is 5.91 Å². The normalized spacial score (nSPS) is 11.3. The van der Waals surface area contributed by atoms with Crippen LogP contribution in [-0.2, 0) is 16.8 Å². The Bertz CT molecular complexity index is 1160. The van der Waals surface area contributed by atoms with E-state index in [1.807, 2.05) is 66.7 Å². The van der Waals surface area contributed by atoms with E-state index in [2.05, 4.69) is 12.2 Å². The molecule has 3 aromatic carbocycles. The van der Waals surface area contributed by atoms with Crippen molar-refractivity contribution in [1.29, 1.82) is 0 Å². The van der Waals surface area contributed by atoms with Gasteiger partial charge in [-0.25, -0.2) is 0 Å². The Morgan fingerprint density at radius 3 is 1.81 bits per heavy atom. The van der Waals surface area contributed by atoms with Crippen LogP contribution in [0.3, 0.4) is 0 Å². The summed E-state index contributed by atoms with van der Waals surface area (Å²) in [4.78, 5) is 12.2. The first-order valence-corrected chi connectivity index (χ1v) is 15.4. The fourth-order valence-electron chi connectivity index (χ4n) is 5.36. The Kier molecular flexibility index (Phi) is 13.7. The van der Waals surface area contributed by atoms with Crippen LogP contribution >= 0.6 is 0 Å². The largest absolute Gasteiger partial charge is 0.497 e. The molecule has 1 amide bonds. The zero-order valence-corrected chi connectivity index (χ0v) is 25.9. The molecule has 2 N–H and O–H groups in total. The molecule has 0 aromatic heterocycles. The second kappa shape index (κ2) is 17.4. The van der Waals surface area contributed by atoms with Crippen molar-refractivity contribution in [2.45, 2.75) is 83.2 Å². The Hall–Kier alpha value is -3.51. The van der Waals surface area contributed by atoms with E-state index in [0.29, 0.717) is 6.42 Å². The van der Waals surface area contributed by atoms with Crippen LogP contribution < -0.4 is 19.5 Å². The SMILES string of the molecule is CCCCCCCCNC(=O)CCCCCc1cc(C(O)(c2ccc(OC)cc2)c2ccc(OC)cc2)ccc1OC. The predicted molar refractivity (Wildman–Crippen MR) is 170 cm³/mol. The van der Waals surface area contributed by atoms with Crippen LogP contribution in [0.4, 0.5) is 0 Å². The van der Waals surface area contributed by atoms with Gasteiger partial charge in [-0.15, -0.1) is 0 Å². The number of unbranched alkanes of at least 4 members (excludes halogenated alkanes) is 7.